The Labute approximate surface area is 290 Å². The molecule has 1 aliphatic heterocycles. The molecule has 6 unspecified atom stereocenters. The highest BCUT2D eigenvalue weighted by Crippen LogP contribution is 2.41. The number of likely N-dealkylation sites (tertiary alicyclic amines) is 1. The quantitative estimate of drug-likeness (QED) is 0.131. The van der Waals surface area contributed by atoms with Gasteiger partial charge >= 0.3 is 0 Å². The van der Waals surface area contributed by atoms with Crippen molar-refractivity contribution in [3.05, 3.63) is 71.8 Å². The van der Waals surface area contributed by atoms with E-state index in [1.807, 2.05) is 79.4 Å². The van der Waals surface area contributed by atoms with Gasteiger partial charge in [0.2, 0.25) is 23.6 Å². The van der Waals surface area contributed by atoms with Crippen molar-refractivity contribution in [3.63, 3.8) is 0 Å². The van der Waals surface area contributed by atoms with Crippen molar-refractivity contribution in [2.75, 3.05) is 26.2 Å². The number of hydrogen-bond acceptors (Lipinski definition) is 7. The smallest absolute Gasteiger partial charge is 0.245 e. The first-order valence-electron chi connectivity index (χ1n) is 17.9. The molecule has 2 aliphatic rings. The van der Waals surface area contributed by atoms with Gasteiger partial charge in [0.05, 0.1) is 6.04 Å². The Morgan fingerprint density at radius 3 is 1.86 bits per heavy atom. The maximum Gasteiger partial charge on any atom is 0.245 e. The minimum Gasteiger partial charge on any atom is -0.396 e. The summed E-state index contributed by atoms with van der Waals surface area (Å²) in [4.78, 5) is 56.8. The number of carbonyl (C=O) groups excluding carboxylic acids is 4. The number of hydrogen-bond donors (Lipinski definition) is 6. The van der Waals surface area contributed by atoms with Gasteiger partial charge in [-0.3, -0.25) is 19.2 Å². The van der Waals surface area contributed by atoms with E-state index in [2.05, 4.69) is 16.0 Å². The molecule has 0 radical (unpaired) electrons. The van der Waals surface area contributed by atoms with Crippen molar-refractivity contribution in [1.82, 2.24) is 20.9 Å². The number of amides is 4. The fraction of sp³-hybridized carbons (Fsp3) is 0.579. The van der Waals surface area contributed by atoms with E-state index in [4.69, 9.17) is 11.5 Å². The first-order chi connectivity index (χ1) is 23.6. The third-order valence-electron chi connectivity index (χ3n) is 9.87. The molecule has 11 nitrogen and oxygen atoms in total. The van der Waals surface area contributed by atoms with Crippen LogP contribution in [-0.2, 0) is 32.0 Å². The van der Waals surface area contributed by atoms with Gasteiger partial charge in [0.15, 0.2) is 0 Å². The van der Waals surface area contributed by atoms with Crippen LogP contribution >= 0.6 is 0 Å². The summed E-state index contributed by atoms with van der Waals surface area (Å²) < 4.78 is 0. The third kappa shape index (κ3) is 11.4. The minimum absolute atomic E-state index is 0.0568. The first-order valence-corrected chi connectivity index (χ1v) is 17.9. The molecule has 6 atom stereocenters. The van der Waals surface area contributed by atoms with Gasteiger partial charge in [-0.15, -0.1) is 0 Å². The molecule has 2 aromatic carbocycles. The van der Waals surface area contributed by atoms with Crippen LogP contribution in [0.2, 0.25) is 0 Å². The summed E-state index contributed by atoms with van der Waals surface area (Å²) in [5, 5.41) is 18.4. The number of fused-ring (bicyclic) bond motifs is 1. The third-order valence-corrected chi connectivity index (χ3v) is 9.87. The van der Waals surface area contributed by atoms with Gasteiger partial charge in [-0.25, -0.2) is 0 Å². The van der Waals surface area contributed by atoms with Crippen LogP contribution in [0.5, 0.6) is 0 Å². The van der Waals surface area contributed by atoms with E-state index in [9.17, 15) is 24.3 Å². The fourth-order valence-electron chi connectivity index (χ4n) is 7.27. The minimum atomic E-state index is -0.979. The summed E-state index contributed by atoms with van der Waals surface area (Å²) in [6.07, 6.45) is 4.54. The number of nitrogens with two attached hydrogens (primary N) is 2. The maximum absolute atomic E-state index is 13.9. The van der Waals surface area contributed by atoms with E-state index in [1.165, 1.54) is 0 Å². The van der Waals surface area contributed by atoms with E-state index in [-0.39, 0.29) is 24.9 Å². The van der Waals surface area contributed by atoms with E-state index in [0.717, 1.165) is 30.4 Å². The molecular weight excluding hydrogens is 620 g/mol. The van der Waals surface area contributed by atoms with Gasteiger partial charge in [0.1, 0.15) is 18.1 Å². The zero-order valence-electron chi connectivity index (χ0n) is 29.1. The number of nitrogens with one attached hydrogen (secondary N) is 3. The summed E-state index contributed by atoms with van der Waals surface area (Å²) in [6, 6.07) is 15.3. The van der Waals surface area contributed by atoms with Crippen LogP contribution in [0, 0.1) is 23.7 Å². The van der Waals surface area contributed by atoms with Gasteiger partial charge < -0.3 is 37.4 Å². The first kappa shape index (κ1) is 38.0. The summed E-state index contributed by atoms with van der Waals surface area (Å²) in [5.74, 6) is -0.420. The highest BCUT2D eigenvalue weighted by molar-refractivity contribution is 5.95. The number of rotatable bonds is 18. The largest absolute Gasteiger partial charge is 0.396 e. The Morgan fingerprint density at radius 1 is 0.776 bits per heavy atom. The molecule has 1 aliphatic carbocycles. The number of carbonyl (C=O) groups is 4. The van der Waals surface area contributed by atoms with Crippen molar-refractivity contribution in [3.8, 4) is 0 Å². The molecule has 4 amide bonds. The van der Waals surface area contributed by atoms with Crippen molar-refractivity contribution in [1.29, 1.82) is 0 Å². The number of unbranched alkanes of at least 4 members (excludes halogenated alkanes) is 1. The molecule has 2 aromatic rings. The zero-order valence-corrected chi connectivity index (χ0v) is 29.1. The lowest BCUT2D eigenvalue weighted by atomic mass is 9.99. The van der Waals surface area contributed by atoms with Crippen molar-refractivity contribution in [2.24, 2.45) is 35.1 Å². The average Bonchev–Trinajstić information content (AvgIpc) is 3.67. The SMILES string of the molecule is CC(C)CC(NC(=O)C(Cc1ccccc1)NC(=O)C(N)Cc1ccccc1)C(=O)NC(CCCCN)C(=O)N1CC2CC(CO)CC2C1. The fourth-order valence-corrected chi connectivity index (χ4v) is 7.27. The van der Waals surface area contributed by atoms with Gasteiger partial charge in [0, 0.05) is 26.1 Å². The molecule has 49 heavy (non-hydrogen) atoms. The Balaban J connectivity index is 1.46. The lowest BCUT2D eigenvalue weighted by Gasteiger charge is -2.29. The second-order valence-corrected chi connectivity index (χ2v) is 14.4. The topological polar surface area (TPSA) is 180 Å². The molecule has 4 rings (SSSR count). The lowest BCUT2D eigenvalue weighted by Crippen LogP contribution is -2.58. The molecule has 0 spiro atoms. The standard InChI is InChI=1S/C38H56N6O5/c1-25(2)17-33(36(47)41-32(15-9-10-16-39)38(49)44-22-29-18-28(24-45)19-30(29)23-44)43-37(48)34(21-27-13-7-4-8-14-27)42-35(46)31(40)20-26-11-5-3-6-12-26/h3-8,11-14,25,28-34,45H,9-10,15-24,39-40H2,1-2H3,(H,41,47)(H,42,46)(H,43,48). The Hall–Kier alpha value is -3.80. The van der Waals surface area contributed by atoms with Crippen LogP contribution < -0.4 is 27.4 Å². The van der Waals surface area contributed by atoms with E-state index < -0.39 is 41.9 Å². The normalized spacial score (nSPS) is 21.0. The zero-order chi connectivity index (χ0) is 35.3. The highest BCUT2D eigenvalue weighted by atomic mass is 16.3. The molecule has 1 saturated carbocycles. The van der Waals surface area contributed by atoms with Crippen molar-refractivity contribution >= 4 is 23.6 Å². The van der Waals surface area contributed by atoms with Crippen LogP contribution in [0.1, 0.15) is 63.5 Å². The maximum atomic E-state index is 13.9. The van der Waals surface area contributed by atoms with Crippen LogP contribution in [0.15, 0.2) is 60.7 Å². The Morgan fingerprint density at radius 2 is 1.31 bits per heavy atom. The molecule has 11 heteroatoms. The van der Waals surface area contributed by atoms with Crippen molar-refractivity contribution in [2.45, 2.75) is 89.4 Å². The van der Waals surface area contributed by atoms with Crippen LogP contribution in [-0.4, -0.2) is 84.0 Å². The molecule has 8 N–H and O–H groups in total. The van der Waals surface area contributed by atoms with Crippen LogP contribution in [0.4, 0.5) is 0 Å². The number of benzene rings is 2. The molecule has 268 valence electrons. The van der Waals surface area contributed by atoms with Crippen LogP contribution in [0.25, 0.3) is 0 Å². The molecule has 1 saturated heterocycles. The number of aliphatic hydroxyl groups is 1. The van der Waals surface area contributed by atoms with E-state index >= 15 is 0 Å². The molecule has 0 bridgehead atoms. The second kappa shape index (κ2) is 18.8. The molecule has 2 fully saturated rings. The number of aliphatic hydroxyl groups excluding tert-OH is 1. The average molecular weight is 677 g/mol. The van der Waals surface area contributed by atoms with Gasteiger partial charge in [-0.1, -0.05) is 74.5 Å². The molecule has 1 heterocycles. The highest BCUT2D eigenvalue weighted by Gasteiger charge is 2.43. The monoisotopic (exact) mass is 676 g/mol. The van der Waals surface area contributed by atoms with Crippen LogP contribution in [0.3, 0.4) is 0 Å². The summed E-state index contributed by atoms with van der Waals surface area (Å²) >= 11 is 0. The van der Waals surface area contributed by atoms with Crippen molar-refractivity contribution < 1.29 is 24.3 Å². The second-order valence-electron chi connectivity index (χ2n) is 14.4. The Kier molecular flexibility index (Phi) is 14.6. The molecule has 0 aromatic heterocycles. The Bertz CT molecular complexity index is 1340. The van der Waals surface area contributed by atoms with Gasteiger partial charge in [0.25, 0.3) is 0 Å². The number of nitrogens with zero attached hydrogens (tertiary/aromatic N) is 1. The molecular formula is C38H56N6O5. The summed E-state index contributed by atoms with van der Waals surface area (Å²) in [5.41, 5.74) is 13.8. The summed E-state index contributed by atoms with van der Waals surface area (Å²) in [6.45, 7) is 5.85. The predicted molar refractivity (Wildman–Crippen MR) is 190 cm³/mol. The van der Waals surface area contributed by atoms with E-state index in [0.29, 0.717) is 63.1 Å². The predicted octanol–water partition coefficient (Wildman–Crippen LogP) is 1.91. The lowest BCUT2D eigenvalue weighted by molar-refractivity contribution is -0.137. The van der Waals surface area contributed by atoms with Gasteiger partial charge in [-0.2, -0.15) is 0 Å². The van der Waals surface area contributed by atoms with E-state index in [1.54, 1.807) is 0 Å². The van der Waals surface area contributed by atoms with Gasteiger partial charge in [-0.05, 0) is 86.3 Å². The summed E-state index contributed by atoms with van der Waals surface area (Å²) in [7, 11) is 0.